The van der Waals surface area contributed by atoms with Crippen molar-refractivity contribution >= 4 is 38.8 Å². The number of thiazole rings is 1. The molecule has 9 heteroatoms. The first-order valence-corrected chi connectivity index (χ1v) is 6.28. The molecule has 0 radical (unpaired) electrons. The average molecular weight is 270 g/mol. The molecule has 0 saturated carbocycles. The minimum Gasteiger partial charge on any atom is -0.375 e. The van der Waals surface area contributed by atoms with Crippen molar-refractivity contribution in [3.8, 4) is 0 Å². The molecule has 17 heavy (non-hydrogen) atoms. The molecule has 2 aromatic rings. The zero-order chi connectivity index (χ0) is 12.4. The van der Waals surface area contributed by atoms with Gasteiger partial charge in [0.2, 0.25) is 5.13 Å². The Morgan fingerprint density at radius 3 is 2.59 bits per heavy atom. The van der Waals surface area contributed by atoms with Gasteiger partial charge in [-0.15, -0.1) is 10.2 Å². The number of amides is 1. The minimum atomic E-state index is -0.217. The van der Waals surface area contributed by atoms with E-state index in [0.717, 1.165) is 11.3 Å². The highest BCUT2D eigenvalue weighted by Crippen LogP contribution is 2.19. The summed E-state index contributed by atoms with van der Waals surface area (Å²) in [6.45, 7) is 2.04. The summed E-state index contributed by atoms with van der Waals surface area (Å²) in [5.74, 6) is -0.217. The van der Waals surface area contributed by atoms with E-state index in [-0.39, 0.29) is 5.91 Å². The highest BCUT2D eigenvalue weighted by Gasteiger charge is 2.14. The molecule has 2 heterocycles. The van der Waals surface area contributed by atoms with Crippen LogP contribution in [0.3, 0.4) is 0 Å². The smallest absolute Gasteiger partial charge is 0.263 e. The summed E-state index contributed by atoms with van der Waals surface area (Å²) in [4.78, 5) is 16.3. The van der Waals surface area contributed by atoms with E-state index >= 15 is 0 Å². The summed E-state index contributed by atoms with van der Waals surface area (Å²) in [5, 5.41) is 11.6. The van der Waals surface area contributed by atoms with E-state index in [1.165, 1.54) is 11.3 Å². The number of nitrogens with one attached hydrogen (secondary N) is 1. The second-order valence-corrected chi connectivity index (χ2v) is 5.31. The van der Waals surface area contributed by atoms with Crippen molar-refractivity contribution < 1.29 is 4.79 Å². The van der Waals surface area contributed by atoms with Crippen LogP contribution >= 0.6 is 22.7 Å². The largest absolute Gasteiger partial charge is 0.375 e. The fourth-order valence-corrected chi connectivity index (χ4v) is 2.50. The molecule has 0 atom stereocenters. The van der Waals surface area contributed by atoms with E-state index in [1.54, 1.807) is 6.92 Å². The lowest BCUT2D eigenvalue weighted by atomic mass is 10.4. The van der Waals surface area contributed by atoms with Crippen LogP contribution in [0.1, 0.15) is 20.4 Å². The molecule has 0 aliphatic heterocycles. The molecule has 2 aromatic heterocycles. The Kier molecular flexibility index (Phi) is 3.20. The number of carbonyl (C=O) groups excluding carboxylic acids is 1. The number of hydrogen-bond donors (Lipinski definition) is 3. The van der Waals surface area contributed by atoms with Crippen LogP contribution in [0, 0.1) is 6.92 Å². The summed E-state index contributed by atoms with van der Waals surface area (Å²) < 4.78 is 0. The number of rotatable bonds is 3. The minimum absolute atomic E-state index is 0.217. The number of nitrogens with two attached hydrogens (primary N) is 2. The molecule has 0 spiro atoms. The number of nitrogen functional groups attached to an aromatic ring is 2. The highest BCUT2D eigenvalue weighted by atomic mass is 32.1. The van der Waals surface area contributed by atoms with Crippen molar-refractivity contribution in [1.82, 2.24) is 20.5 Å². The van der Waals surface area contributed by atoms with Crippen LogP contribution in [0.25, 0.3) is 0 Å². The van der Waals surface area contributed by atoms with Gasteiger partial charge in [-0.1, -0.05) is 22.7 Å². The first-order chi connectivity index (χ1) is 8.06. The van der Waals surface area contributed by atoms with Gasteiger partial charge in [0.25, 0.3) is 5.91 Å². The molecule has 0 aliphatic rings. The quantitative estimate of drug-likeness (QED) is 0.742. The molecule has 5 N–H and O–H groups in total. The molecule has 90 valence electrons. The second-order valence-electron chi connectivity index (χ2n) is 3.18. The van der Waals surface area contributed by atoms with Crippen LogP contribution in [0.2, 0.25) is 0 Å². The van der Waals surface area contributed by atoms with Gasteiger partial charge in [-0.25, -0.2) is 4.98 Å². The summed E-state index contributed by atoms with van der Waals surface area (Å²) in [6.07, 6.45) is 0. The van der Waals surface area contributed by atoms with Crippen LogP contribution in [0.5, 0.6) is 0 Å². The Labute approximate surface area is 105 Å². The van der Waals surface area contributed by atoms with Crippen molar-refractivity contribution in [3.05, 3.63) is 15.6 Å². The Hall–Kier alpha value is -1.74. The highest BCUT2D eigenvalue weighted by molar-refractivity contribution is 7.17. The number of nitrogens with zero attached hydrogens (tertiary/aromatic N) is 3. The molecule has 0 unspecified atom stereocenters. The van der Waals surface area contributed by atoms with Crippen LogP contribution in [0.15, 0.2) is 0 Å². The lowest BCUT2D eigenvalue weighted by Gasteiger charge is -2.00. The lowest BCUT2D eigenvalue weighted by Crippen LogP contribution is -2.22. The number of aryl methyl sites for hydroxylation is 1. The standard InChI is InChI=1S/C8H10N6OS2/c1-3-5(17-7(9)12-3)6(15)11-2-4-13-14-8(10)16-4/h2H2,1H3,(H2,9,12)(H2,10,14)(H,11,15). The van der Waals surface area contributed by atoms with Gasteiger partial charge in [-0.05, 0) is 6.92 Å². The van der Waals surface area contributed by atoms with Gasteiger partial charge in [0.1, 0.15) is 9.88 Å². The number of hydrogen-bond acceptors (Lipinski definition) is 8. The molecule has 0 bridgehead atoms. The first-order valence-electron chi connectivity index (χ1n) is 4.65. The molecule has 0 aromatic carbocycles. The third kappa shape index (κ3) is 2.68. The Morgan fingerprint density at radius 1 is 1.29 bits per heavy atom. The lowest BCUT2D eigenvalue weighted by molar-refractivity contribution is 0.0954. The van der Waals surface area contributed by atoms with Gasteiger partial charge in [0, 0.05) is 0 Å². The van der Waals surface area contributed by atoms with Gasteiger partial charge in [0.15, 0.2) is 5.13 Å². The van der Waals surface area contributed by atoms with E-state index in [4.69, 9.17) is 11.5 Å². The summed E-state index contributed by atoms with van der Waals surface area (Å²) in [7, 11) is 0. The zero-order valence-electron chi connectivity index (χ0n) is 8.93. The Balaban J connectivity index is 2.00. The molecule has 1 amide bonds. The SMILES string of the molecule is Cc1nc(N)sc1C(=O)NCc1nnc(N)s1. The Morgan fingerprint density at radius 2 is 2.06 bits per heavy atom. The molecular formula is C8H10N6OS2. The van der Waals surface area contributed by atoms with E-state index in [9.17, 15) is 4.79 Å². The third-order valence-corrected chi connectivity index (χ3v) is 3.64. The van der Waals surface area contributed by atoms with Crippen molar-refractivity contribution in [2.75, 3.05) is 11.5 Å². The van der Waals surface area contributed by atoms with E-state index in [2.05, 4.69) is 20.5 Å². The van der Waals surface area contributed by atoms with Gasteiger partial charge in [-0.2, -0.15) is 0 Å². The van der Waals surface area contributed by atoms with Crippen LogP contribution in [-0.4, -0.2) is 21.1 Å². The summed E-state index contributed by atoms with van der Waals surface area (Å²) in [6, 6.07) is 0. The van der Waals surface area contributed by atoms with Crippen LogP contribution in [-0.2, 0) is 6.54 Å². The Bertz CT molecular complexity index is 548. The fraction of sp³-hybridized carbons (Fsp3) is 0.250. The van der Waals surface area contributed by atoms with E-state index < -0.39 is 0 Å². The van der Waals surface area contributed by atoms with E-state index in [1.807, 2.05) is 0 Å². The zero-order valence-corrected chi connectivity index (χ0v) is 10.6. The summed E-state index contributed by atoms with van der Waals surface area (Å²) >= 11 is 2.40. The normalized spacial score (nSPS) is 10.4. The molecular weight excluding hydrogens is 260 g/mol. The number of anilines is 2. The van der Waals surface area contributed by atoms with Crippen molar-refractivity contribution in [1.29, 1.82) is 0 Å². The molecule has 0 aliphatic carbocycles. The van der Waals surface area contributed by atoms with Gasteiger partial charge in [0.05, 0.1) is 12.2 Å². The maximum absolute atomic E-state index is 11.8. The number of aromatic nitrogens is 3. The molecule has 0 fully saturated rings. The molecule has 7 nitrogen and oxygen atoms in total. The van der Waals surface area contributed by atoms with E-state index in [0.29, 0.717) is 32.4 Å². The van der Waals surface area contributed by atoms with Crippen molar-refractivity contribution in [2.45, 2.75) is 13.5 Å². The molecule has 0 saturated heterocycles. The van der Waals surface area contributed by atoms with Crippen LogP contribution in [0.4, 0.5) is 10.3 Å². The predicted molar refractivity (Wildman–Crippen MR) is 66.8 cm³/mol. The average Bonchev–Trinajstić information content (AvgIpc) is 2.81. The van der Waals surface area contributed by atoms with Gasteiger partial charge < -0.3 is 16.8 Å². The third-order valence-electron chi connectivity index (χ3n) is 1.90. The van der Waals surface area contributed by atoms with Crippen molar-refractivity contribution in [3.63, 3.8) is 0 Å². The number of carbonyl (C=O) groups is 1. The topological polar surface area (TPSA) is 120 Å². The maximum Gasteiger partial charge on any atom is 0.263 e. The summed E-state index contributed by atoms with van der Waals surface area (Å²) in [5.41, 5.74) is 11.6. The van der Waals surface area contributed by atoms with Crippen LogP contribution < -0.4 is 16.8 Å². The predicted octanol–water partition coefficient (Wildman–Crippen LogP) is 0.397. The van der Waals surface area contributed by atoms with Crippen molar-refractivity contribution in [2.24, 2.45) is 0 Å². The monoisotopic (exact) mass is 270 g/mol. The second kappa shape index (κ2) is 4.63. The molecule has 2 rings (SSSR count). The first kappa shape index (κ1) is 11.7. The fourth-order valence-electron chi connectivity index (χ4n) is 1.20. The van der Waals surface area contributed by atoms with Gasteiger partial charge in [-0.3, -0.25) is 4.79 Å². The van der Waals surface area contributed by atoms with Gasteiger partial charge >= 0.3 is 0 Å². The maximum atomic E-state index is 11.8.